The Hall–Kier alpha value is -1.50. The molecule has 6 nitrogen and oxygen atoms in total. The average Bonchev–Trinajstić information content (AvgIpc) is 2.33. The number of aliphatic hydroxyl groups excluding tert-OH is 1. The molecule has 1 aromatic rings. The molecule has 0 aliphatic rings. The molecule has 0 amide bonds. The predicted molar refractivity (Wildman–Crippen MR) is 69.4 cm³/mol. The number of non-ortho nitro benzene ring substituents is 1. The van der Waals surface area contributed by atoms with Gasteiger partial charge in [-0.15, -0.1) is 0 Å². The SMILES string of the molecule is C[C@H](O)CNCCNCc1cccc([N+](=O)[O-])c1. The van der Waals surface area contributed by atoms with E-state index in [9.17, 15) is 10.1 Å². The third-order valence-corrected chi connectivity index (χ3v) is 2.37. The van der Waals surface area contributed by atoms with Crippen LogP contribution in [0, 0.1) is 10.1 Å². The van der Waals surface area contributed by atoms with E-state index in [0.29, 0.717) is 13.1 Å². The number of nitrogens with one attached hydrogen (secondary N) is 2. The Morgan fingerprint density at radius 2 is 2.11 bits per heavy atom. The van der Waals surface area contributed by atoms with E-state index in [0.717, 1.165) is 18.7 Å². The van der Waals surface area contributed by atoms with Gasteiger partial charge in [0.25, 0.3) is 5.69 Å². The van der Waals surface area contributed by atoms with Gasteiger partial charge in [-0.25, -0.2) is 0 Å². The van der Waals surface area contributed by atoms with Crippen molar-refractivity contribution in [2.45, 2.75) is 19.6 Å². The lowest BCUT2D eigenvalue weighted by Crippen LogP contribution is -2.31. The molecule has 3 N–H and O–H groups in total. The van der Waals surface area contributed by atoms with E-state index in [-0.39, 0.29) is 11.8 Å². The molecule has 1 atom stereocenters. The van der Waals surface area contributed by atoms with Crippen molar-refractivity contribution in [3.8, 4) is 0 Å². The zero-order valence-corrected chi connectivity index (χ0v) is 10.4. The van der Waals surface area contributed by atoms with Gasteiger partial charge >= 0.3 is 0 Å². The number of aliphatic hydroxyl groups is 1. The third-order valence-electron chi connectivity index (χ3n) is 2.37. The maximum atomic E-state index is 10.6. The summed E-state index contributed by atoms with van der Waals surface area (Å²) >= 11 is 0. The molecule has 0 heterocycles. The van der Waals surface area contributed by atoms with Crippen LogP contribution in [-0.4, -0.2) is 35.8 Å². The highest BCUT2D eigenvalue weighted by Gasteiger charge is 2.04. The summed E-state index contributed by atoms with van der Waals surface area (Å²) in [5, 5.41) is 25.9. The van der Waals surface area contributed by atoms with Gasteiger partial charge in [-0.3, -0.25) is 10.1 Å². The second-order valence-electron chi connectivity index (χ2n) is 4.16. The van der Waals surface area contributed by atoms with Gasteiger partial charge in [0.1, 0.15) is 0 Å². The van der Waals surface area contributed by atoms with Crippen LogP contribution in [-0.2, 0) is 6.54 Å². The zero-order chi connectivity index (χ0) is 13.4. The first-order chi connectivity index (χ1) is 8.59. The highest BCUT2D eigenvalue weighted by atomic mass is 16.6. The summed E-state index contributed by atoms with van der Waals surface area (Å²) in [4.78, 5) is 10.2. The number of benzene rings is 1. The number of rotatable bonds is 8. The molecule has 0 saturated carbocycles. The summed E-state index contributed by atoms with van der Waals surface area (Å²) in [6.07, 6.45) is -0.346. The number of hydrogen-bond donors (Lipinski definition) is 3. The van der Waals surface area contributed by atoms with Gasteiger partial charge in [-0.2, -0.15) is 0 Å². The largest absolute Gasteiger partial charge is 0.392 e. The molecule has 0 spiro atoms. The number of nitro benzene ring substituents is 1. The van der Waals surface area contributed by atoms with Crippen LogP contribution in [0.25, 0.3) is 0 Å². The smallest absolute Gasteiger partial charge is 0.269 e. The van der Waals surface area contributed by atoms with Gasteiger partial charge in [0, 0.05) is 38.3 Å². The monoisotopic (exact) mass is 253 g/mol. The van der Waals surface area contributed by atoms with Gasteiger partial charge in [0.15, 0.2) is 0 Å². The van der Waals surface area contributed by atoms with Crippen LogP contribution >= 0.6 is 0 Å². The van der Waals surface area contributed by atoms with E-state index in [1.165, 1.54) is 6.07 Å². The van der Waals surface area contributed by atoms with E-state index < -0.39 is 4.92 Å². The van der Waals surface area contributed by atoms with Crippen molar-refractivity contribution in [3.05, 3.63) is 39.9 Å². The molecular weight excluding hydrogens is 234 g/mol. The molecule has 0 bridgehead atoms. The second kappa shape index (κ2) is 7.75. The standard InChI is InChI=1S/C12H19N3O3/c1-10(16)8-13-5-6-14-9-11-3-2-4-12(7-11)15(17)18/h2-4,7,10,13-14,16H,5-6,8-9H2,1H3/t10-/m0/s1. The van der Waals surface area contributed by atoms with Crippen molar-refractivity contribution < 1.29 is 10.0 Å². The first-order valence-corrected chi connectivity index (χ1v) is 5.92. The van der Waals surface area contributed by atoms with Crippen LogP contribution in [0.1, 0.15) is 12.5 Å². The molecule has 1 rings (SSSR count). The Balaban J connectivity index is 2.23. The van der Waals surface area contributed by atoms with Gasteiger partial charge in [0.2, 0.25) is 0 Å². The van der Waals surface area contributed by atoms with Gasteiger partial charge in [-0.1, -0.05) is 12.1 Å². The maximum absolute atomic E-state index is 10.6. The maximum Gasteiger partial charge on any atom is 0.269 e. The molecule has 0 aliphatic carbocycles. The summed E-state index contributed by atoms with van der Waals surface area (Å²) in [5.41, 5.74) is 1.00. The summed E-state index contributed by atoms with van der Waals surface area (Å²) in [6.45, 7) is 4.38. The lowest BCUT2D eigenvalue weighted by Gasteiger charge is -2.08. The van der Waals surface area contributed by atoms with Gasteiger partial charge in [0.05, 0.1) is 11.0 Å². The minimum atomic E-state index is -0.395. The average molecular weight is 253 g/mol. The van der Waals surface area contributed by atoms with E-state index in [1.807, 2.05) is 6.07 Å². The second-order valence-corrected chi connectivity index (χ2v) is 4.16. The summed E-state index contributed by atoms with van der Waals surface area (Å²) in [5.74, 6) is 0. The Morgan fingerprint density at radius 1 is 1.39 bits per heavy atom. The number of nitrogens with zero attached hydrogens (tertiary/aromatic N) is 1. The normalized spacial score (nSPS) is 12.3. The zero-order valence-electron chi connectivity index (χ0n) is 10.4. The molecule has 0 unspecified atom stereocenters. The van der Waals surface area contributed by atoms with Crippen LogP contribution in [0.3, 0.4) is 0 Å². The van der Waals surface area contributed by atoms with E-state index >= 15 is 0 Å². The molecule has 0 aliphatic heterocycles. The van der Waals surface area contributed by atoms with Crippen molar-refractivity contribution in [3.63, 3.8) is 0 Å². The molecule has 0 aromatic heterocycles. The van der Waals surface area contributed by atoms with Crippen molar-refractivity contribution in [1.82, 2.24) is 10.6 Å². The molecule has 0 saturated heterocycles. The lowest BCUT2D eigenvalue weighted by atomic mass is 10.2. The highest BCUT2D eigenvalue weighted by molar-refractivity contribution is 5.34. The van der Waals surface area contributed by atoms with Crippen LogP contribution in [0.5, 0.6) is 0 Å². The fraction of sp³-hybridized carbons (Fsp3) is 0.500. The molecule has 18 heavy (non-hydrogen) atoms. The van der Waals surface area contributed by atoms with Crippen molar-refractivity contribution in [2.24, 2.45) is 0 Å². The number of nitro groups is 1. The Kier molecular flexibility index (Phi) is 6.27. The fourth-order valence-electron chi connectivity index (χ4n) is 1.50. The summed E-state index contributed by atoms with van der Waals surface area (Å²) in [7, 11) is 0. The van der Waals surface area contributed by atoms with Crippen LogP contribution < -0.4 is 10.6 Å². The molecule has 6 heteroatoms. The first kappa shape index (κ1) is 14.6. The lowest BCUT2D eigenvalue weighted by molar-refractivity contribution is -0.384. The van der Waals surface area contributed by atoms with Crippen molar-refractivity contribution >= 4 is 5.69 Å². The Bertz CT molecular complexity index is 383. The summed E-state index contributed by atoms with van der Waals surface area (Å²) in [6, 6.07) is 6.58. The van der Waals surface area contributed by atoms with Crippen LogP contribution in [0.15, 0.2) is 24.3 Å². The van der Waals surface area contributed by atoms with Crippen LogP contribution in [0.2, 0.25) is 0 Å². The number of hydrogen-bond acceptors (Lipinski definition) is 5. The van der Waals surface area contributed by atoms with E-state index in [1.54, 1.807) is 19.1 Å². The Morgan fingerprint density at radius 3 is 2.78 bits per heavy atom. The summed E-state index contributed by atoms with van der Waals surface area (Å²) < 4.78 is 0. The molecule has 1 aromatic carbocycles. The molecule has 0 fully saturated rings. The Labute approximate surface area is 106 Å². The third kappa shape index (κ3) is 5.72. The topological polar surface area (TPSA) is 87.4 Å². The minimum Gasteiger partial charge on any atom is -0.392 e. The molecule has 100 valence electrons. The molecule has 0 radical (unpaired) electrons. The van der Waals surface area contributed by atoms with E-state index in [4.69, 9.17) is 5.11 Å². The van der Waals surface area contributed by atoms with Gasteiger partial charge < -0.3 is 15.7 Å². The van der Waals surface area contributed by atoms with Crippen molar-refractivity contribution in [1.29, 1.82) is 0 Å². The fourth-order valence-corrected chi connectivity index (χ4v) is 1.50. The molecular formula is C12H19N3O3. The van der Waals surface area contributed by atoms with E-state index in [2.05, 4.69) is 10.6 Å². The highest BCUT2D eigenvalue weighted by Crippen LogP contribution is 2.12. The predicted octanol–water partition coefficient (Wildman–Crippen LogP) is 0.655. The van der Waals surface area contributed by atoms with Crippen molar-refractivity contribution in [2.75, 3.05) is 19.6 Å². The van der Waals surface area contributed by atoms with Gasteiger partial charge in [-0.05, 0) is 12.5 Å². The quantitative estimate of drug-likeness (QED) is 0.360. The first-order valence-electron chi connectivity index (χ1n) is 5.92. The minimum absolute atomic E-state index is 0.113. The van der Waals surface area contributed by atoms with Crippen LogP contribution in [0.4, 0.5) is 5.69 Å².